The predicted molar refractivity (Wildman–Crippen MR) is 65.0 cm³/mol. The molecule has 0 bridgehead atoms. The molecule has 1 nitrogen and oxygen atoms in total. The van der Waals surface area contributed by atoms with E-state index in [1.807, 2.05) is 52.0 Å². The molecule has 0 aromatic heterocycles. The van der Waals surface area contributed by atoms with Gasteiger partial charge in [-0.3, -0.25) is 0 Å². The summed E-state index contributed by atoms with van der Waals surface area (Å²) < 4.78 is 5.79. The van der Waals surface area contributed by atoms with Crippen LogP contribution in [0.4, 0.5) is 0 Å². The summed E-state index contributed by atoms with van der Waals surface area (Å²) in [7, 11) is 0. The molecule has 0 saturated heterocycles. The molecule has 0 amide bonds. The highest BCUT2D eigenvalue weighted by Gasteiger charge is 2.12. The zero-order chi connectivity index (χ0) is 11.5. The second-order valence-electron chi connectivity index (χ2n) is 4.63. The third-order valence-corrected chi connectivity index (χ3v) is 2.02. The maximum Gasteiger partial charge on any atom is 0.120 e. The van der Waals surface area contributed by atoms with Gasteiger partial charge in [0.2, 0.25) is 0 Å². The van der Waals surface area contributed by atoms with E-state index in [1.54, 1.807) is 0 Å². The lowest BCUT2D eigenvalue weighted by Crippen LogP contribution is -2.22. The topological polar surface area (TPSA) is 9.23 Å². The van der Waals surface area contributed by atoms with Crippen LogP contribution in [-0.4, -0.2) is 5.60 Å². The molecule has 1 heteroatoms. The van der Waals surface area contributed by atoms with Crippen LogP contribution in [0.1, 0.15) is 33.3 Å². The fraction of sp³-hybridized carbons (Fsp3) is 0.357. The van der Waals surface area contributed by atoms with Gasteiger partial charge in [-0.1, -0.05) is 25.1 Å². The average molecular weight is 203 g/mol. The van der Waals surface area contributed by atoms with Crippen LogP contribution in [0, 0.1) is 5.92 Å². The first-order valence-corrected chi connectivity index (χ1v) is 5.18. The molecule has 0 atom stereocenters. The van der Waals surface area contributed by atoms with Crippen molar-refractivity contribution in [3.05, 3.63) is 48.4 Å². The normalized spacial score (nSPS) is 11.5. The van der Waals surface area contributed by atoms with Gasteiger partial charge in [0.1, 0.15) is 11.4 Å². The molecule has 0 saturated carbocycles. The molecule has 0 aliphatic heterocycles. The summed E-state index contributed by atoms with van der Waals surface area (Å²) in [6, 6.07) is 8.09. The Kier molecular flexibility index (Phi) is 3.57. The lowest BCUT2D eigenvalue weighted by molar-refractivity contribution is 0.131. The Labute approximate surface area is 92.8 Å². The maximum absolute atomic E-state index is 5.79. The van der Waals surface area contributed by atoms with Crippen LogP contribution in [0.2, 0.25) is 0 Å². The number of allylic oxidation sites excluding steroid dienone is 1. The van der Waals surface area contributed by atoms with E-state index >= 15 is 0 Å². The van der Waals surface area contributed by atoms with Crippen molar-refractivity contribution in [3.8, 4) is 5.75 Å². The van der Waals surface area contributed by atoms with Crippen molar-refractivity contribution in [3.63, 3.8) is 0 Å². The molecular weight excluding hydrogens is 184 g/mol. The van der Waals surface area contributed by atoms with Gasteiger partial charge in [-0.15, -0.1) is 6.58 Å². The van der Waals surface area contributed by atoms with E-state index in [0.717, 1.165) is 17.2 Å². The predicted octanol–water partition coefficient (Wildman–Crippen LogP) is 3.99. The fourth-order valence-corrected chi connectivity index (χ4v) is 1.28. The zero-order valence-electron chi connectivity index (χ0n) is 10.0. The third-order valence-electron chi connectivity index (χ3n) is 2.02. The van der Waals surface area contributed by atoms with E-state index < -0.39 is 0 Å². The van der Waals surface area contributed by atoms with Crippen molar-refractivity contribution >= 4 is 0 Å². The molecule has 15 heavy (non-hydrogen) atoms. The van der Waals surface area contributed by atoms with Gasteiger partial charge >= 0.3 is 0 Å². The Morgan fingerprint density at radius 3 is 2.53 bits per heavy atom. The number of hydrogen-bond acceptors (Lipinski definition) is 1. The fourth-order valence-electron chi connectivity index (χ4n) is 1.28. The van der Waals surface area contributed by atoms with E-state index in [9.17, 15) is 0 Å². The number of ether oxygens (including phenoxy) is 1. The monoisotopic (exact) mass is 203 g/mol. The van der Waals surface area contributed by atoms with Crippen LogP contribution in [0.5, 0.6) is 5.75 Å². The second kappa shape index (κ2) is 4.52. The minimum Gasteiger partial charge on any atom is -0.488 e. The number of rotatable bonds is 3. The molecule has 1 aromatic carbocycles. The Hall–Kier alpha value is -1.24. The van der Waals surface area contributed by atoms with E-state index in [0.29, 0.717) is 0 Å². The Morgan fingerprint density at radius 2 is 2.00 bits per heavy atom. The Balaban J connectivity index is 2.88. The Bertz CT molecular complexity index is 333. The summed E-state index contributed by atoms with van der Waals surface area (Å²) in [5.41, 5.74) is 1.01. The molecule has 0 N–H and O–H groups in total. The van der Waals surface area contributed by atoms with Crippen molar-refractivity contribution in [1.82, 2.24) is 0 Å². The summed E-state index contributed by atoms with van der Waals surface area (Å²) >= 11 is 0. The minimum atomic E-state index is -0.152. The first kappa shape index (κ1) is 11.8. The van der Waals surface area contributed by atoms with Gasteiger partial charge < -0.3 is 4.74 Å². The zero-order valence-corrected chi connectivity index (χ0v) is 10.0. The van der Waals surface area contributed by atoms with E-state index in [1.165, 1.54) is 0 Å². The highest BCUT2D eigenvalue weighted by molar-refractivity contribution is 5.40. The molecule has 81 valence electrons. The van der Waals surface area contributed by atoms with Gasteiger partial charge in [-0.2, -0.15) is 0 Å². The SMILES string of the molecule is C=C[C](C)c1cccc(OC(C)(C)C)c1. The average Bonchev–Trinajstić information content (AvgIpc) is 2.14. The van der Waals surface area contributed by atoms with Gasteiger partial charge in [0.05, 0.1) is 0 Å². The first-order valence-electron chi connectivity index (χ1n) is 5.18. The standard InChI is InChI=1S/C14H19O/c1-6-11(2)12-8-7-9-13(10-12)15-14(3,4)5/h6-10H,1H2,2-5H3. The molecule has 1 radical (unpaired) electrons. The van der Waals surface area contributed by atoms with Gasteiger partial charge in [-0.05, 0) is 38.5 Å². The molecule has 0 fully saturated rings. The summed E-state index contributed by atoms with van der Waals surface area (Å²) in [6.45, 7) is 11.9. The second-order valence-corrected chi connectivity index (χ2v) is 4.63. The number of hydrogen-bond donors (Lipinski definition) is 0. The molecule has 0 aliphatic carbocycles. The van der Waals surface area contributed by atoms with E-state index in [2.05, 4.69) is 12.6 Å². The summed E-state index contributed by atoms with van der Waals surface area (Å²) in [4.78, 5) is 0. The quantitative estimate of drug-likeness (QED) is 0.721. The summed E-state index contributed by atoms with van der Waals surface area (Å²) in [5, 5.41) is 0. The molecule has 0 heterocycles. The Morgan fingerprint density at radius 1 is 1.33 bits per heavy atom. The first-order chi connectivity index (χ1) is 6.92. The number of benzene rings is 1. The summed E-state index contributed by atoms with van der Waals surface area (Å²) in [5.74, 6) is 2.07. The van der Waals surface area contributed by atoms with Crippen LogP contribution in [0.3, 0.4) is 0 Å². The highest BCUT2D eigenvalue weighted by atomic mass is 16.5. The van der Waals surface area contributed by atoms with Crippen molar-refractivity contribution < 1.29 is 4.74 Å². The maximum atomic E-state index is 5.79. The molecule has 0 unspecified atom stereocenters. The van der Waals surface area contributed by atoms with Gasteiger partial charge in [0, 0.05) is 5.92 Å². The van der Waals surface area contributed by atoms with Crippen LogP contribution in [-0.2, 0) is 0 Å². The van der Waals surface area contributed by atoms with Gasteiger partial charge in [0.15, 0.2) is 0 Å². The molecule has 1 rings (SSSR count). The molecule has 0 aliphatic rings. The lowest BCUT2D eigenvalue weighted by Gasteiger charge is -2.22. The smallest absolute Gasteiger partial charge is 0.120 e. The third kappa shape index (κ3) is 3.78. The van der Waals surface area contributed by atoms with Crippen molar-refractivity contribution in [2.75, 3.05) is 0 Å². The summed E-state index contributed by atoms with van der Waals surface area (Å²) in [6.07, 6.45) is 1.86. The van der Waals surface area contributed by atoms with Crippen LogP contribution in [0.15, 0.2) is 36.9 Å². The molecule has 1 aromatic rings. The van der Waals surface area contributed by atoms with Crippen LogP contribution >= 0.6 is 0 Å². The van der Waals surface area contributed by atoms with Gasteiger partial charge in [0.25, 0.3) is 0 Å². The largest absolute Gasteiger partial charge is 0.488 e. The van der Waals surface area contributed by atoms with E-state index in [-0.39, 0.29) is 5.60 Å². The highest BCUT2D eigenvalue weighted by Crippen LogP contribution is 2.23. The van der Waals surface area contributed by atoms with Crippen molar-refractivity contribution in [2.24, 2.45) is 0 Å². The lowest BCUT2D eigenvalue weighted by atomic mass is 10.0. The van der Waals surface area contributed by atoms with Gasteiger partial charge in [-0.25, -0.2) is 0 Å². The van der Waals surface area contributed by atoms with Crippen molar-refractivity contribution in [2.45, 2.75) is 33.3 Å². The van der Waals surface area contributed by atoms with E-state index in [4.69, 9.17) is 4.74 Å². The minimum absolute atomic E-state index is 0.152. The molecular formula is C14H19O. The van der Waals surface area contributed by atoms with Crippen molar-refractivity contribution in [1.29, 1.82) is 0 Å². The van der Waals surface area contributed by atoms with Crippen LogP contribution < -0.4 is 4.74 Å². The molecule has 0 spiro atoms. The van der Waals surface area contributed by atoms with Crippen LogP contribution in [0.25, 0.3) is 0 Å².